The van der Waals surface area contributed by atoms with Crippen LogP contribution in [0.1, 0.15) is 20.8 Å². The topological polar surface area (TPSA) is 100 Å². The monoisotopic (exact) mass is 511 g/mol. The fourth-order valence-electron chi connectivity index (χ4n) is 2.92. The standard InChI is InChI=1S/C19H20Cl3NO7S/c1-8(24)27-7-14-17(28-9(2)25)16(23-4)18(29-10(3)26)19(30-14)31-11-5-12(20)15(22)13(21)6-11/h5-6,14,16-19H,4,7H2,1-3H3/t14?,16?,17-,18?,19+/m0/s1. The SMILES string of the molecule is C=NC1C(OC(C)=O)[C@@H](Sc2cc(Cl)c(Cl)c(Cl)c2)OC(COC(C)=O)[C@@H]1OC(C)=O. The first-order valence-corrected chi connectivity index (χ1v) is 10.9. The maximum atomic E-state index is 11.8. The van der Waals surface area contributed by atoms with E-state index in [4.69, 9.17) is 53.8 Å². The van der Waals surface area contributed by atoms with Gasteiger partial charge in [-0.25, -0.2) is 0 Å². The van der Waals surface area contributed by atoms with Gasteiger partial charge in [-0.05, 0) is 18.9 Å². The highest BCUT2D eigenvalue weighted by Crippen LogP contribution is 2.41. The van der Waals surface area contributed by atoms with Gasteiger partial charge in [0.25, 0.3) is 0 Å². The van der Waals surface area contributed by atoms with E-state index >= 15 is 0 Å². The third-order valence-corrected chi connectivity index (χ3v) is 6.41. The first kappa shape index (κ1) is 25.7. The number of carbonyl (C=O) groups excluding carboxylic acids is 3. The molecule has 0 aromatic heterocycles. The smallest absolute Gasteiger partial charge is 0.303 e. The van der Waals surface area contributed by atoms with Gasteiger partial charge in [0.1, 0.15) is 24.2 Å². The van der Waals surface area contributed by atoms with Gasteiger partial charge in [-0.15, -0.1) is 0 Å². The number of rotatable bonds is 7. The normalized spacial score (nSPS) is 25.4. The Labute approximate surface area is 198 Å². The van der Waals surface area contributed by atoms with E-state index in [1.54, 1.807) is 12.1 Å². The number of hydrogen-bond acceptors (Lipinski definition) is 9. The molecule has 1 aliphatic rings. The zero-order chi connectivity index (χ0) is 23.3. The highest BCUT2D eigenvalue weighted by molar-refractivity contribution is 7.99. The van der Waals surface area contributed by atoms with Crippen LogP contribution in [0.2, 0.25) is 15.1 Å². The van der Waals surface area contributed by atoms with Crippen molar-refractivity contribution in [1.29, 1.82) is 0 Å². The van der Waals surface area contributed by atoms with Crippen LogP contribution in [0.25, 0.3) is 0 Å². The number of halogens is 3. The maximum Gasteiger partial charge on any atom is 0.303 e. The number of ether oxygens (including phenoxy) is 4. The van der Waals surface area contributed by atoms with Crippen LogP contribution in [-0.4, -0.2) is 61.0 Å². The number of esters is 3. The molecule has 0 N–H and O–H groups in total. The van der Waals surface area contributed by atoms with E-state index in [0.29, 0.717) is 4.90 Å². The second kappa shape index (κ2) is 11.4. The molecule has 0 amide bonds. The Morgan fingerprint density at radius 3 is 2.06 bits per heavy atom. The number of thioether (sulfide) groups is 1. The second-order valence-electron chi connectivity index (χ2n) is 6.49. The van der Waals surface area contributed by atoms with Crippen molar-refractivity contribution in [1.82, 2.24) is 0 Å². The summed E-state index contributed by atoms with van der Waals surface area (Å²) in [6.07, 6.45) is -2.88. The Bertz CT molecular complexity index is 846. The van der Waals surface area contributed by atoms with E-state index in [0.717, 1.165) is 11.8 Å². The Morgan fingerprint density at radius 2 is 1.58 bits per heavy atom. The van der Waals surface area contributed by atoms with Crippen molar-refractivity contribution in [3.8, 4) is 0 Å². The lowest BCUT2D eigenvalue weighted by Gasteiger charge is -2.43. The van der Waals surface area contributed by atoms with E-state index in [1.165, 1.54) is 20.8 Å². The minimum atomic E-state index is -1.01. The molecular formula is C19H20Cl3NO7S. The van der Waals surface area contributed by atoms with Crippen LogP contribution < -0.4 is 0 Å². The molecule has 0 bridgehead atoms. The lowest BCUT2D eigenvalue weighted by atomic mass is 9.97. The number of aliphatic imine (C=N–C) groups is 1. The highest BCUT2D eigenvalue weighted by atomic mass is 35.5. The quantitative estimate of drug-likeness (QED) is 0.234. The van der Waals surface area contributed by atoms with Crippen molar-refractivity contribution in [2.24, 2.45) is 4.99 Å². The highest BCUT2D eigenvalue weighted by Gasteiger charge is 2.50. The molecule has 0 aliphatic carbocycles. The van der Waals surface area contributed by atoms with Crippen molar-refractivity contribution in [3.63, 3.8) is 0 Å². The molecule has 8 nitrogen and oxygen atoms in total. The van der Waals surface area contributed by atoms with Gasteiger partial charge in [-0.3, -0.25) is 19.4 Å². The maximum absolute atomic E-state index is 11.8. The van der Waals surface area contributed by atoms with Gasteiger partial charge in [0.05, 0.1) is 15.1 Å². The van der Waals surface area contributed by atoms with E-state index in [2.05, 4.69) is 11.7 Å². The van der Waals surface area contributed by atoms with Crippen LogP contribution in [0.3, 0.4) is 0 Å². The van der Waals surface area contributed by atoms with Crippen molar-refractivity contribution in [3.05, 3.63) is 27.2 Å². The molecule has 1 saturated heterocycles. The van der Waals surface area contributed by atoms with E-state index in [9.17, 15) is 14.4 Å². The molecule has 1 aromatic rings. The molecule has 1 aromatic carbocycles. The third kappa shape index (κ3) is 6.98. The molecule has 2 rings (SSSR count). The largest absolute Gasteiger partial charge is 0.463 e. The first-order chi connectivity index (χ1) is 14.5. The minimum Gasteiger partial charge on any atom is -0.463 e. The summed E-state index contributed by atoms with van der Waals surface area (Å²) in [5, 5.41) is 0.649. The summed E-state index contributed by atoms with van der Waals surface area (Å²) in [6.45, 7) is 7.00. The molecule has 1 heterocycles. The van der Waals surface area contributed by atoms with Crippen LogP contribution in [-0.2, 0) is 33.3 Å². The van der Waals surface area contributed by atoms with Gasteiger partial charge >= 0.3 is 17.9 Å². The van der Waals surface area contributed by atoms with Crippen LogP contribution in [0, 0.1) is 0 Å². The van der Waals surface area contributed by atoms with Crippen molar-refractivity contribution in [2.45, 2.75) is 55.5 Å². The zero-order valence-corrected chi connectivity index (χ0v) is 19.9. The van der Waals surface area contributed by atoms with Crippen molar-refractivity contribution < 1.29 is 33.3 Å². The summed E-state index contributed by atoms with van der Waals surface area (Å²) in [6, 6.07) is 2.26. The molecule has 12 heteroatoms. The Kier molecular flexibility index (Phi) is 9.45. The van der Waals surface area contributed by atoms with E-state index < -0.39 is 47.7 Å². The Balaban J connectivity index is 2.42. The summed E-state index contributed by atoms with van der Waals surface area (Å²) in [7, 11) is 0. The van der Waals surface area contributed by atoms with Crippen LogP contribution >= 0.6 is 46.6 Å². The van der Waals surface area contributed by atoms with Gasteiger partial charge < -0.3 is 18.9 Å². The average Bonchev–Trinajstić information content (AvgIpc) is 2.66. The van der Waals surface area contributed by atoms with Crippen LogP contribution in [0.15, 0.2) is 22.0 Å². The fourth-order valence-corrected chi connectivity index (χ4v) is 4.83. The predicted octanol–water partition coefficient (Wildman–Crippen LogP) is 3.96. The lowest BCUT2D eigenvalue weighted by Crippen LogP contribution is -2.59. The van der Waals surface area contributed by atoms with Gasteiger partial charge in [-0.2, -0.15) is 0 Å². The van der Waals surface area contributed by atoms with Crippen LogP contribution in [0.5, 0.6) is 0 Å². The average molecular weight is 513 g/mol. The van der Waals surface area contributed by atoms with Crippen LogP contribution in [0.4, 0.5) is 0 Å². The molecule has 0 saturated carbocycles. The molecule has 1 aliphatic heterocycles. The molecule has 0 spiro atoms. The minimum absolute atomic E-state index is 0.196. The predicted molar refractivity (Wildman–Crippen MR) is 117 cm³/mol. The van der Waals surface area contributed by atoms with Crippen molar-refractivity contribution >= 4 is 71.2 Å². The number of benzene rings is 1. The van der Waals surface area contributed by atoms with Crippen molar-refractivity contribution in [2.75, 3.05) is 6.61 Å². The summed E-state index contributed by atoms with van der Waals surface area (Å²) in [5.74, 6) is -1.75. The second-order valence-corrected chi connectivity index (χ2v) is 8.85. The molecular weight excluding hydrogens is 493 g/mol. The summed E-state index contributed by atoms with van der Waals surface area (Å²) in [4.78, 5) is 39.3. The Morgan fingerprint density at radius 1 is 1.03 bits per heavy atom. The molecule has 0 radical (unpaired) electrons. The molecule has 170 valence electrons. The molecule has 31 heavy (non-hydrogen) atoms. The van der Waals surface area contributed by atoms with E-state index in [1.807, 2.05) is 0 Å². The van der Waals surface area contributed by atoms with Gasteiger partial charge in [0.2, 0.25) is 0 Å². The number of carbonyl (C=O) groups is 3. The summed E-state index contributed by atoms with van der Waals surface area (Å²) >= 11 is 19.4. The molecule has 3 unspecified atom stereocenters. The third-order valence-electron chi connectivity index (χ3n) is 4.09. The van der Waals surface area contributed by atoms with E-state index in [-0.39, 0.29) is 21.7 Å². The van der Waals surface area contributed by atoms with Gasteiger partial charge in [0, 0.05) is 25.7 Å². The summed E-state index contributed by atoms with van der Waals surface area (Å²) in [5.41, 5.74) is -0.847. The number of nitrogens with zero attached hydrogens (tertiary/aromatic N) is 1. The first-order valence-electron chi connectivity index (χ1n) is 8.93. The van der Waals surface area contributed by atoms with Gasteiger partial charge in [0.15, 0.2) is 12.2 Å². The molecule has 5 atom stereocenters. The Hall–Kier alpha value is -1.52. The number of hydrogen-bond donors (Lipinski definition) is 0. The molecule has 1 fully saturated rings. The fraction of sp³-hybridized carbons (Fsp3) is 0.474. The lowest BCUT2D eigenvalue weighted by molar-refractivity contribution is -0.200. The zero-order valence-electron chi connectivity index (χ0n) is 16.8. The van der Waals surface area contributed by atoms with Gasteiger partial charge in [-0.1, -0.05) is 46.6 Å². The summed E-state index contributed by atoms with van der Waals surface area (Å²) < 4.78 is 21.9.